The monoisotopic (exact) mass is 497 g/mol. The van der Waals surface area contributed by atoms with E-state index in [1.54, 1.807) is 41.3 Å². The average Bonchev–Trinajstić information content (AvgIpc) is 3.36. The van der Waals surface area contributed by atoms with Crippen molar-refractivity contribution in [2.75, 3.05) is 6.54 Å². The van der Waals surface area contributed by atoms with Crippen LogP contribution in [0, 0.1) is 0 Å². The number of hydrogen-bond donors (Lipinski definition) is 0. The van der Waals surface area contributed by atoms with E-state index >= 15 is 0 Å². The number of amides is 1. The van der Waals surface area contributed by atoms with Crippen LogP contribution in [0.3, 0.4) is 0 Å². The van der Waals surface area contributed by atoms with Crippen molar-refractivity contribution in [3.05, 3.63) is 94.9 Å². The third kappa shape index (κ3) is 5.70. The molecule has 0 radical (unpaired) electrons. The molecular weight excluding hydrogens is 476 g/mol. The van der Waals surface area contributed by atoms with E-state index in [0.29, 0.717) is 31.5 Å². The molecule has 0 N–H and O–H groups in total. The van der Waals surface area contributed by atoms with Gasteiger partial charge in [-0.25, -0.2) is 0 Å². The predicted octanol–water partition coefficient (Wildman–Crippen LogP) is 6.88. The number of furan rings is 1. The number of alkyl halides is 6. The molecule has 0 aliphatic carbocycles. The lowest BCUT2D eigenvalue weighted by Gasteiger charge is -2.41. The topological polar surface area (TPSA) is 42.7 Å². The SMILES string of the molecule is O=C(c1ccco1)N1CCC[C@@H](OCc2cc(C(F)(F)F)cc(C(F)(F)F)c2)[C@H]1c1ccccc1. The number of nitrogens with zero attached hydrogens (tertiary/aromatic N) is 1. The molecule has 10 heteroatoms. The van der Waals surface area contributed by atoms with Crippen molar-refractivity contribution >= 4 is 5.91 Å². The van der Waals surface area contributed by atoms with Crippen LogP contribution in [0.1, 0.15) is 51.7 Å². The van der Waals surface area contributed by atoms with Gasteiger partial charge in [0, 0.05) is 6.54 Å². The minimum atomic E-state index is -4.94. The van der Waals surface area contributed by atoms with Crippen molar-refractivity contribution in [2.24, 2.45) is 0 Å². The minimum absolute atomic E-state index is 0.0840. The highest BCUT2D eigenvalue weighted by molar-refractivity contribution is 5.91. The Balaban J connectivity index is 1.63. The molecule has 0 unspecified atom stereocenters. The van der Waals surface area contributed by atoms with Crippen LogP contribution in [-0.4, -0.2) is 23.5 Å². The summed E-state index contributed by atoms with van der Waals surface area (Å²) in [7, 11) is 0. The zero-order valence-corrected chi connectivity index (χ0v) is 18.3. The van der Waals surface area contributed by atoms with Crippen molar-refractivity contribution in [1.29, 1.82) is 0 Å². The van der Waals surface area contributed by atoms with Gasteiger partial charge < -0.3 is 14.1 Å². The molecule has 3 aromatic rings. The number of halogens is 6. The van der Waals surface area contributed by atoms with Gasteiger partial charge >= 0.3 is 12.4 Å². The van der Waals surface area contributed by atoms with Gasteiger partial charge in [-0.3, -0.25) is 4.79 Å². The highest BCUT2D eigenvalue weighted by atomic mass is 19.4. The van der Waals surface area contributed by atoms with Crippen LogP contribution < -0.4 is 0 Å². The van der Waals surface area contributed by atoms with Crippen molar-refractivity contribution in [2.45, 2.75) is 43.9 Å². The van der Waals surface area contributed by atoms with Gasteiger partial charge in [0.1, 0.15) is 0 Å². The minimum Gasteiger partial charge on any atom is -0.459 e. The first kappa shape index (κ1) is 24.8. The Morgan fingerprint density at radius 3 is 2.17 bits per heavy atom. The summed E-state index contributed by atoms with van der Waals surface area (Å²) < 4.78 is 90.5. The van der Waals surface area contributed by atoms with E-state index < -0.39 is 42.2 Å². The first-order chi connectivity index (χ1) is 16.5. The molecule has 1 saturated heterocycles. The van der Waals surface area contributed by atoms with E-state index in [0.717, 1.165) is 5.56 Å². The molecule has 2 heterocycles. The number of hydrogen-bond acceptors (Lipinski definition) is 3. The molecule has 0 bridgehead atoms. The van der Waals surface area contributed by atoms with Gasteiger partial charge in [-0.15, -0.1) is 0 Å². The normalized spacial score (nSPS) is 19.1. The fourth-order valence-electron chi connectivity index (χ4n) is 4.26. The number of likely N-dealkylation sites (tertiary alicyclic amines) is 1. The summed E-state index contributed by atoms with van der Waals surface area (Å²) in [4.78, 5) is 14.7. The van der Waals surface area contributed by atoms with Crippen LogP contribution >= 0.6 is 0 Å². The molecule has 2 atom stereocenters. The fourth-order valence-corrected chi connectivity index (χ4v) is 4.26. The standard InChI is InChI=1S/C25H21F6NO3/c26-24(27,28)18-12-16(13-19(14-18)25(29,30)31)15-35-20-8-4-10-32(23(33)21-9-5-11-34-21)22(20)17-6-2-1-3-7-17/h1-3,5-7,9,11-14,20,22H,4,8,10,15H2/t20-,22-/m1/s1. The third-order valence-corrected chi connectivity index (χ3v) is 5.82. The Morgan fingerprint density at radius 2 is 1.60 bits per heavy atom. The Hall–Kier alpha value is -3.27. The number of carbonyl (C=O) groups is 1. The molecule has 1 fully saturated rings. The van der Waals surface area contributed by atoms with Crippen LogP contribution in [0.5, 0.6) is 0 Å². The number of piperidine rings is 1. The largest absolute Gasteiger partial charge is 0.459 e. The summed E-state index contributed by atoms with van der Waals surface area (Å²) >= 11 is 0. The highest BCUT2D eigenvalue weighted by Crippen LogP contribution is 2.38. The number of benzene rings is 2. The Morgan fingerprint density at radius 1 is 0.943 bits per heavy atom. The molecule has 0 saturated carbocycles. The van der Waals surface area contributed by atoms with Crippen LogP contribution in [0.15, 0.2) is 71.3 Å². The highest BCUT2D eigenvalue weighted by Gasteiger charge is 2.39. The first-order valence-corrected chi connectivity index (χ1v) is 10.8. The van der Waals surface area contributed by atoms with Crippen molar-refractivity contribution in [3.8, 4) is 0 Å². The lowest BCUT2D eigenvalue weighted by molar-refractivity contribution is -0.143. The van der Waals surface area contributed by atoms with Gasteiger partial charge in [-0.1, -0.05) is 30.3 Å². The van der Waals surface area contributed by atoms with E-state index in [1.807, 2.05) is 0 Å². The van der Waals surface area contributed by atoms with Crippen molar-refractivity contribution < 1.29 is 40.3 Å². The van der Waals surface area contributed by atoms with E-state index in [1.165, 1.54) is 12.3 Å². The average molecular weight is 497 g/mol. The third-order valence-electron chi connectivity index (χ3n) is 5.82. The van der Waals surface area contributed by atoms with Gasteiger partial charge in [-0.2, -0.15) is 26.3 Å². The smallest absolute Gasteiger partial charge is 0.416 e. The Labute approximate surface area is 197 Å². The van der Waals surface area contributed by atoms with Crippen molar-refractivity contribution in [3.63, 3.8) is 0 Å². The predicted molar refractivity (Wildman–Crippen MR) is 113 cm³/mol. The molecule has 186 valence electrons. The van der Waals surface area contributed by atoms with Crippen LogP contribution in [0.25, 0.3) is 0 Å². The van der Waals surface area contributed by atoms with Crippen LogP contribution in [-0.2, 0) is 23.7 Å². The molecule has 35 heavy (non-hydrogen) atoms. The maximum atomic E-state index is 13.2. The Kier molecular flexibility index (Phi) is 6.93. The zero-order valence-electron chi connectivity index (χ0n) is 18.3. The second-order valence-corrected chi connectivity index (χ2v) is 8.24. The quantitative estimate of drug-likeness (QED) is 0.361. The van der Waals surface area contributed by atoms with E-state index in [9.17, 15) is 31.1 Å². The Bertz CT molecular complexity index is 1110. The van der Waals surface area contributed by atoms with Gasteiger partial charge in [0.25, 0.3) is 5.91 Å². The van der Waals surface area contributed by atoms with Crippen LogP contribution in [0.4, 0.5) is 26.3 Å². The molecule has 1 aromatic heterocycles. The molecule has 1 amide bonds. The molecule has 4 rings (SSSR count). The maximum absolute atomic E-state index is 13.2. The molecule has 1 aliphatic heterocycles. The summed E-state index contributed by atoms with van der Waals surface area (Å²) in [5.74, 6) is -0.255. The van der Waals surface area contributed by atoms with Gasteiger partial charge in [0.05, 0.1) is 36.1 Å². The number of carbonyl (C=O) groups excluding carboxylic acids is 1. The van der Waals surface area contributed by atoms with Crippen LogP contribution in [0.2, 0.25) is 0 Å². The zero-order chi connectivity index (χ0) is 25.2. The summed E-state index contributed by atoms with van der Waals surface area (Å²) in [6.45, 7) is -0.0927. The molecule has 1 aliphatic rings. The number of ether oxygens (including phenoxy) is 1. The molecule has 2 aromatic carbocycles. The first-order valence-electron chi connectivity index (χ1n) is 10.8. The molecule has 0 spiro atoms. The fraction of sp³-hybridized carbons (Fsp3) is 0.320. The second kappa shape index (κ2) is 9.77. The summed E-state index contributed by atoms with van der Waals surface area (Å²) in [6, 6.07) is 12.8. The summed E-state index contributed by atoms with van der Waals surface area (Å²) in [5, 5.41) is 0. The lowest BCUT2D eigenvalue weighted by atomic mass is 9.92. The summed E-state index contributed by atoms with van der Waals surface area (Å²) in [6.07, 6.45) is -8.17. The van der Waals surface area contributed by atoms with Crippen molar-refractivity contribution in [1.82, 2.24) is 4.90 Å². The second-order valence-electron chi connectivity index (χ2n) is 8.24. The van der Waals surface area contributed by atoms with Gasteiger partial charge in [0.2, 0.25) is 0 Å². The van der Waals surface area contributed by atoms with E-state index in [4.69, 9.17) is 9.15 Å². The lowest BCUT2D eigenvalue weighted by Crippen LogP contribution is -2.46. The number of rotatable bonds is 5. The van der Waals surface area contributed by atoms with E-state index in [2.05, 4.69) is 0 Å². The van der Waals surface area contributed by atoms with Gasteiger partial charge in [-0.05, 0) is 54.3 Å². The van der Waals surface area contributed by atoms with Gasteiger partial charge in [0.15, 0.2) is 5.76 Å². The van der Waals surface area contributed by atoms with E-state index in [-0.39, 0.29) is 23.3 Å². The summed E-state index contributed by atoms with van der Waals surface area (Å²) in [5.41, 5.74) is -2.32. The molecular formula is C25H21F6NO3. The maximum Gasteiger partial charge on any atom is 0.416 e. The molecule has 4 nitrogen and oxygen atoms in total.